The van der Waals surface area contributed by atoms with Gasteiger partial charge in [-0.05, 0) is 64.1 Å². The van der Waals surface area contributed by atoms with Crippen molar-refractivity contribution in [1.82, 2.24) is 4.98 Å². The Hall–Kier alpha value is -0.905. The monoisotopic (exact) mass is 274 g/mol. The van der Waals surface area contributed by atoms with Gasteiger partial charge in [-0.25, -0.2) is 0 Å². The molecule has 1 aromatic heterocycles. The fourth-order valence-electron chi connectivity index (χ4n) is 2.65. The SMILES string of the molecule is Cc1cncc(C2(N)CC2)c1B1OC(C)(C)C(C)(C)O1. The van der Waals surface area contributed by atoms with Gasteiger partial charge in [-0.2, -0.15) is 0 Å². The van der Waals surface area contributed by atoms with Gasteiger partial charge in [-0.15, -0.1) is 0 Å². The molecule has 20 heavy (non-hydrogen) atoms. The van der Waals surface area contributed by atoms with Gasteiger partial charge in [0.25, 0.3) is 0 Å². The molecule has 0 spiro atoms. The average Bonchev–Trinajstić information content (AvgIpc) is 3.01. The van der Waals surface area contributed by atoms with Crippen molar-refractivity contribution >= 4 is 12.6 Å². The second-order valence-electron chi connectivity index (χ2n) is 7.16. The summed E-state index contributed by atoms with van der Waals surface area (Å²) in [5, 5.41) is 0. The Kier molecular flexibility index (Phi) is 2.85. The Balaban J connectivity index is 2.04. The second kappa shape index (κ2) is 4.06. The summed E-state index contributed by atoms with van der Waals surface area (Å²) >= 11 is 0. The first kappa shape index (κ1) is 14.0. The first-order valence-electron chi connectivity index (χ1n) is 7.26. The third-order valence-corrected chi connectivity index (χ3v) is 5.00. The number of nitrogens with zero attached hydrogens (tertiary/aromatic N) is 1. The number of aromatic nitrogens is 1. The number of rotatable bonds is 2. The lowest BCUT2D eigenvalue weighted by Gasteiger charge is -2.32. The molecular formula is C15H23BN2O2. The molecule has 0 atom stereocenters. The van der Waals surface area contributed by atoms with Gasteiger partial charge in [0.05, 0.1) is 11.2 Å². The minimum atomic E-state index is -0.362. The van der Waals surface area contributed by atoms with Crippen molar-refractivity contribution in [3.8, 4) is 0 Å². The lowest BCUT2D eigenvalue weighted by molar-refractivity contribution is 0.00578. The smallest absolute Gasteiger partial charge is 0.399 e. The summed E-state index contributed by atoms with van der Waals surface area (Å²) < 4.78 is 12.4. The molecular weight excluding hydrogens is 251 g/mol. The molecule has 0 unspecified atom stereocenters. The Bertz CT molecular complexity index is 537. The first-order chi connectivity index (χ1) is 9.16. The zero-order valence-electron chi connectivity index (χ0n) is 13.0. The van der Waals surface area contributed by atoms with E-state index >= 15 is 0 Å². The molecule has 5 heteroatoms. The van der Waals surface area contributed by atoms with E-state index in [1.54, 1.807) is 0 Å². The molecule has 108 valence electrons. The predicted octanol–water partition coefficient (Wildman–Crippen LogP) is 1.64. The number of aryl methyl sites for hydroxylation is 1. The summed E-state index contributed by atoms with van der Waals surface area (Å²) in [4.78, 5) is 4.30. The van der Waals surface area contributed by atoms with Crippen molar-refractivity contribution in [2.24, 2.45) is 5.73 Å². The summed E-state index contributed by atoms with van der Waals surface area (Å²) in [7, 11) is -0.362. The second-order valence-corrected chi connectivity index (χ2v) is 7.16. The highest BCUT2D eigenvalue weighted by Crippen LogP contribution is 2.43. The highest BCUT2D eigenvalue weighted by atomic mass is 16.7. The van der Waals surface area contributed by atoms with Crippen LogP contribution in [0.2, 0.25) is 0 Å². The van der Waals surface area contributed by atoms with Crippen LogP contribution in [0, 0.1) is 6.92 Å². The van der Waals surface area contributed by atoms with Gasteiger partial charge < -0.3 is 15.0 Å². The molecule has 0 aromatic carbocycles. The van der Waals surface area contributed by atoms with Crippen LogP contribution in [0.15, 0.2) is 12.4 Å². The minimum Gasteiger partial charge on any atom is -0.399 e. The Labute approximate surface area is 121 Å². The summed E-state index contributed by atoms with van der Waals surface area (Å²) in [5.41, 5.74) is 8.71. The van der Waals surface area contributed by atoms with E-state index < -0.39 is 0 Å². The van der Waals surface area contributed by atoms with Crippen LogP contribution in [0.3, 0.4) is 0 Å². The molecule has 1 aliphatic heterocycles. The van der Waals surface area contributed by atoms with Crippen LogP contribution in [-0.4, -0.2) is 23.3 Å². The van der Waals surface area contributed by atoms with Gasteiger partial charge in [-0.1, -0.05) is 0 Å². The third-order valence-electron chi connectivity index (χ3n) is 5.00. The van der Waals surface area contributed by atoms with Crippen LogP contribution in [-0.2, 0) is 14.8 Å². The maximum atomic E-state index is 6.39. The van der Waals surface area contributed by atoms with Crippen molar-refractivity contribution in [3.63, 3.8) is 0 Å². The van der Waals surface area contributed by atoms with Crippen LogP contribution in [0.4, 0.5) is 0 Å². The van der Waals surface area contributed by atoms with Crippen molar-refractivity contribution in [3.05, 3.63) is 23.5 Å². The number of pyridine rings is 1. The van der Waals surface area contributed by atoms with E-state index in [-0.39, 0.29) is 23.9 Å². The number of nitrogens with two attached hydrogens (primary N) is 1. The van der Waals surface area contributed by atoms with Crippen molar-refractivity contribution in [2.75, 3.05) is 0 Å². The van der Waals surface area contributed by atoms with E-state index in [0.29, 0.717) is 0 Å². The largest absolute Gasteiger partial charge is 0.495 e. The molecule has 1 saturated heterocycles. The topological polar surface area (TPSA) is 57.4 Å². The molecule has 1 saturated carbocycles. The zero-order valence-corrected chi connectivity index (χ0v) is 13.0. The van der Waals surface area contributed by atoms with Crippen LogP contribution in [0.5, 0.6) is 0 Å². The van der Waals surface area contributed by atoms with Gasteiger partial charge >= 0.3 is 7.12 Å². The van der Waals surface area contributed by atoms with E-state index in [1.165, 1.54) is 0 Å². The van der Waals surface area contributed by atoms with E-state index in [9.17, 15) is 0 Å². The quantitative estimate of drug-likeness (QED) is 0.833. The normalized spacial score (nSPS) is 25.8. The van der Waals surface area contributed by atoms with E-state index in [0.717, 1.165) is 29.4 Å². The van der Waals surface area contributed by atoms with Crippen molar-refractivity contribution < 1.29 is 9.31 Å². The summed E-state index contributed by atoms with van der Waals surface area (Å²) in [5.74, 6) is 0. The molecule has 1 aromatic rings. The van der Waals surface area contributed by atoms with E-state index in [2.05, 4.69) is 32.7 Å². The Morgan fingerprint density at radius 2 is 1.65 bits per heavy atom. The zero-order chi connectivity index (χ0) is 14.8. The van der Waals surface area contributed by atoms with Crippen molar-refractivity contribution in [2.45, 2.75) is 64.2 Å². The molecule has 2 aliphatic rings. The maximum absolute atomic E-state index is 6.39. The van der Waals surface area contributed by atoms with Crippen LogP contribution < -0.4 is 11.2 Å². The van der Waals surface area contributed by atoms with Crippen molar-refractivity contribution in [1.29, 1.82) is 0 Å². The maximum Gasteiger partial charge on any atom is 0.495 e. The third kappa shape index (κ3) is 2.00. The highest BCUT2D eigenvalue weighted by molar-refractivity contribution is 6.63. The minimum absolute atomic E-state index is 0.238. The molecule has 2 N–H and O–H groups in total. The van der Waals surface area contributed by atoms with Gasteiger partial charge in [-0.3, -0.25) is 4.98 Å². The Morgan fingerprint density at radius 1 is 1.10 bits per heavy atom. The molecule has 0 radical (unpaired) electrons. The predicted molar refractivity (Wildman–Crippen MR) is 79.8 cm³/mol. The first-order valence-corrected chi connectivity index (χ1v) is 7.26. The Morgan fingerprint density at radius 3 is 2.15 bits per heavy atom. The van der Waals surface area contributed by atoms with Crippen LogP contribution >= 0.6 is 0 Å². The number of hydrogen-bond donors (Lipinski definition) is 1. The molecule has 2 heterocycles. The van der Waals surface area contributed by atoms with E-state index in [1.807, 2.05) is 19.3 Å². The molecule has 4 nitrogen and oxygen atoms in total. The number of hydrogen-bond acceptors (Lipinski definition) is 4. The molecule has 2 fully saturated rings. The van der Waals surface area contributed by atoms with Gasteiger partial charge in [0.1, 0.15) is 0 Å². The molecule has 0 bridgehead atoms. The van der Waals surface area contributed by atoms with Gasteiger partial charge in [0.15, 0.2) is 0 Å². The van der Waals surface area contributed by atoms with Gasteiger partial charge in [0.2, 0.25) is 0 Å². The fraction of sp³-hybridized carbons (Fsp3) is 0.667. The highest BCUT2D eigenvalue weighted by Gasteiger charge is 2.54. The molecule has 0 amide bonds. The lowest BCUT2D eigenvalue weighted by Crippen LogP contribution is -2.42. The fourth-order valence-corrected chi connectivity index (χ4v) is 2.65. The molecule has 1 aliphatic carbocycles. The molecule has 3 rings (SSSR count). The summed E-state index contributed by atoms with van der Waals surface area (Å²) in [6.07, 6.45) is 5.74. The van der Waals surface area contributed by atoms with E-state index in [4.69, 9.17) is 15.0 Å². The summed E-state index contributed by atoms with van der Waals surface area (Å²) in [6, 6.07) is 0. The standard InChI is InChI=1S/C15H23BN2O2/c1-10-8-18-9-11(15(17)6-7-15)12(10)16-19-13(2,3)14(4,5)20-16/h8-9H,6-7,17H2,1-5H3. The van der Waals surface area contributed by atoms with Crippen LogP contribution in [0.25, 0.3) is 0 Å². The average molecular weight is 274 g/mol. The lowest BCUT2D eigenvalue weighted by atomic mass is 9.72. The van der Waals surface area contributed by atoms with Crippen LogP contribution in [0.1, 0.15) is 51.7 Å². The summed E-state index contributed by atoms with van der Waals surface area (Å²) in [6.45, 7) is 10.3. The van der Waals surface area contributed by atoms with Gasteiger partial charge in [0, 0.05) is 17.9 Å².